The number of benzene rings is 2. The van der Waals surface area contributed by atoms with Crippen molar-refractivity contribution in [3.63, 3.8) is 0 Å². The van der Waals surface area contributed by atoms with Crippen LogP contribution < -0.4 is 15.2 Å². The predicted molar refractivity (Wildman–Crippen MR) is 132 cm³/mol. The Labute approximate surface area is 193 Å². The van der Waals surface area contributed by atoms with Gasteiger partial charge in [0.15, 0.2) is 6.61 Å². The Kier molecular flexibility index (Phi) is 7.17. The molecule has 3 rings (SSSR count). The molecular weight excluding hydrogens is 396 g/mol. The molecule has 0 radical (unpaired) electrons. The van der Waals surface area contributed by atoms with Crippen LogP contribution in [0.4, 0.5) is 0 Å². The molecule has 3 heteroatoms. The van der Waals surface area contributed by atoms with Gasteiger partial charge in [-0.2, -0.15) is 0 Å². The fraction of sp³-hybridized carbons (Fsp3) is 0.483. The maximum absolute atomic E-state index is 12.4. The van der Waals surface area contributed by atoms with E-state index in [4.69, 9.17) is 9.47 Å². The van der Waals surface area contributed by atoms with Gasteiger partial charge in [0, 0.05) is 6.42 Å². The molecule has 32 heavy (non-hydrogen) atoms. The van der Waals surface area contributed by atoms with Crippen LogP contribution in [0.3, 0.4) is 0 Å². The van der Waals surface area contributed by atoms with E-state index in [0.29, 0.717) is 12.3 Å². The highest BCUT2D eigenvalue weighted by molar-refractivity contribution is 5.72. The first-order chi connectivity index (χ1) is 14.9. The van der Waals surface area contributed by atoms with Crippen LogP contribution in [-0.4, -0.2) is 18.7 Å². The third kappa shape index (κ3) is 6.48. The van der Waals surface area contributed by atoms with Crippen LogP contribution in [0.15, 0.2) is 42.5 Å². The number of hydrogen-bond donors (Lipinski definition) is 0. The maximum atomic E-state index is 12.4. The first-order valence-electron chi connectivity index (χ1n) is 11.6. The second-order valence-corrected chi connectivity index (χ2v) is 11.3. The van der Waals surface area contributed by atoms with E-state index in [1.807, 2.05) is 37.3 Å². The molecule has 3 nitrogen and oxygen atoms in total. The zero-order valence-corrected chi connectivity index (χ0v) is 20.7. The fourth-order valence-electron chi connectivity index (χ4n) is 4.37. The standard InChI is InChI=1S/C29H38O3/c1-20-16-23(25(29(5,6)7)18-28(2,3)4)13-15-26(20)31-19-27(30)32-24-14-12-21-10-8-9-11-22(21)17-24/h8-13,15-17,24-25H,14,18-19H2,1-7H3. The molecule has 0 aromatic heterocycles. The summed E-state index contributed by atoms with van der Waals surface area (Å²) in [5, 5.41) is 2.29. The Morgan fingerprint density at radius 1 is 1.03 bits per heavy atom. The number of esters is 1. The van der Waals surface area contributed by atoms with Crippen molar-refractivity contribution in [2.75, 3.05) is 6.61 Å². The summed E-state index contributed by atoms with van der Waals surface area (Å²) in [5.41, 5.74) is 2.78. The zero-order valence-electron chi connectivity index (χ0n) is 20.7. The molecule has 0 spiro atoms. The molecule has 0 amide bonds. The molecule has 2 aromatic carbocycles. The van der Waals surface area contributed by atoms with Crippen molar-refractivity contribution in [3.05, 3.63) is 64.0 Å². The highest BCUT2D eigenvalue weighted by atomic mass is 16.6. The van der Waals surface area contributed by atoms with Gasteiger partial charge in [-0.1, -0.05) is 84.0 Å². The number of fused-ring (bicyclic) bond motifs is 1. The summed E-state index contributed by atoms with van der Waals surface area (Å²) in [6, 6.07) is 14.5. The highest BCUT2D eigenvalue weighted by Crippen LogP contribution is 2.43. The van der Waals surface area contributed by atoms with Crippen molar-refractivity contribution in [1.82, 2.24) is 0 Å². The second-order valence-electron chi connectivity index (χ2n) is 11.3. The number of carbonyl (C=O) groups is 1. The normalized spacial score (nSPS) is 16.9. The molecule has 0 fully saturated rings. The van der Waals surface area contributed by atoms with Gasteiger partial charge in [0.25, 0.3) is 0 Å². The third-order valence-corrected chi connectivity index (χ3v) is 6.02. The number of rotatable bonds is 6. The van der Waals surface area contributed by atoms with E-state index in [1.54, 1.807) is 0 Å². The molecule has 1 aliphatic carbocycles. The number of carbonyl (C=O) groups excluding carboxylic acids is 1. The average molecular weight is 435 g/mol. The van der Waals surface area contributed by atoms with E-state index in [-0.39, 0.29) is 29.5 Å². The lowest BCUT2D eigenvalue weighted by molar-refractivity contribution is -0.148. The highest BCUT2D eigenvalue weighted by Gasteiger charge is 2.30. The smallest absolute Gasteiger partial charge is 0.344 e. The molecule has 0 aliphatic heterocycles. The molecule has 2 atom stereocenters. The van der Waals surface area contributed by atoms with Gasteiger partial charge in [0.1, 0.15) is 11.9 Å². The van der Waals surface area contributed by atoms with Gasteiger partial charge < -0.3 is 9.47 Å². The molecule has 2 aromatic rings. The van der Waals surface area contributed by atoms with Gasteiger partial charge in [-0.15, -0.1) is 0 Å². The molecule has 0 saturated carbocycles. The van der Waals surface area contributed by atoms with Crippen molar-refractivity contribution >= 4 is 18.1 Å². The Morgan fingerprint density at radius 3 is 2.34 bits per heavy atom. The topological polar surface area (TPSA) is 35.5 Å². The van der Waals surface area contributed by atoms with Crippen LogP contribution >= 0.6 is 0 Å². The quantitative estimate of drug-likeness (QED) is 0.562. The third-order valence-electron chi connectivity index (χ3n) is 6.02. The Morgan fingerprint density at radius 2 is 1.72 bits per heavy atom. The number of ether oxygens (including phenoxy) is 2. The van der Waals surface area contributed by atoms with E-state index in [1.165, 1.54) is 10.8 Å². The summed E-state index contributed by atoms with van der Waals surface area (Å²) >= 11 is 0. The molecule has 0 heterocycles. The molecule has 1 aliphatic rings. The summed E-state index contributed by atoms with van der Waals surface area (Å²) in [5.74, 6) is 0.836. The van der Waals surface area contributed by atoms with Crippen LogP contribution in [0, 0.1) is 17.8 Å². The van der Waals surface area contributed by atoms with Crippen LogP contribution in [-0.2, 0) is 9.53 Å². The SMILES string of the molecule is Cc1cc(C(CC(C)(C)C)C(C)(C)C)ccc1OCC(=O)OC1C=c2ccccc2=CC1. The van der Waals surface area contributed by atoms with Crippen molar-refractivity contribution in [2.24, 2.45) is 10.8 Å². The minimum Gasteiger partial charge on any atom is -0.482 e. The summed E-state index contributed by atoms with van der Waals surface area (Å²) in [6.45, 7) is 15.7. The van der Waals surface area contributed by atoms with Crippen molar-refractivity contribution in [1.29, 1.82) is 0 Å². The van der Waals surface area contributed by atoms with Gasteiger partial charge in [-0.25, -0.2) is 4.79 Å². The number of aryl methyl sites for hydroxylation is 1. The minimum absolute atomic E-state index is 0.0864. The first kappa shape index (κ1) is 24.1. The Hall–Kier alpha value is -2.55. The average Bonchev–Trinajstić information content (AvgIpc) is 2.69. The molecule has 0 N–H and O–H groups in total. The Balaban J connectivity index is 1.63. The molecule has 0 saturated heterocycles. The summed E-state index contributed by atoms with van der Waals surface area (Å²) < 4.78 is 11.5. The fourth-order valence-corrected chi connectivity index (χ4v) is 4.37. The largest absolute Gasteiger partial charge is 0.482 e. The van der Waals surface area contributed by atoms with Gasteiger partial charge in [-0.3, -0.25) is 0 Å². The van der Waals surface area contributed by atoms with Crippen molar-refractivity contribution in [2.45, 2.75) is 73.3 Å². The van der Waals surface area contributed by atoms with Gasteiger partial charge in [0.05, 0.1) is 0 Å². The van der Waals surface area contributed by atoms with Crippen LogP contribution in [0.2, 0.25) is 0 Å². The predicted octanol–water partition coefficient (Wildman–Crippen LogP) is 5.52. The van der Waals surface area contributed by atoms with Gasteiger partial charge in [-0.05, 0) is 63.8 Å². The van der Waals surface area contributed by atoms with E-state index < -0.39 is 0 Å². The summed E-state index contributed by atoms with van der Waals surface area (Å²) in [7, 11) is 0. The lowest BCUT2D eigenvalue weighted by Crippen LogP contribution is -2.32. The van der Waals surface area contributed by atoms with Gasteiger partial charge >= 0.3 is 5.97 Å². The van der Waals surface area contributed by atoms with Crippen LogP contribution in [0.5, 0.6) is 5.75 Å². The Bertz CT molecular complexity index is 1070. The summed E-state index contributed by atoms with van der Waals surface area (Å²) in [4.78, 5) is 12.4. The van der Waals surface area contributed by atoms with E-state index >= 15 is 0 Å². The monoisotopic (exact) mass is 434 g/mol. The van der Waals surface area contributed by atoms with E-state index in [2.05, 4.69) is 65.8 Å². The molecular formula is C29H38O3. The summed E-state index contributed by atoms with van der Waals surface area (Å²) in [6.07, 6.45) is 5.68. The van der Waals surface area contributed by atoms with E-state index in [9.17, 15) is 4.79 Å². The molecule has 172 valence electrons. The minimum atomic E-state index is -0.345. The first-order valence-corrected chi connectivity index (χ1v) is 11.6. The lowest BCUT2D eigenvalue weighted by atomic mass is 9.69. The number of hydrogen-bond acceptors (Lipinski definition) is 3. The van der Waals surface area contributed by atoms with Crippen LogP contribution in [0.1, 0.15) is 71.4 Å². The zero-order chi connectivity index (χ0) is 23.5. The lowest BCUT2D eigenvalue weighted by Gasteiger charge is -2.36. The van der Waals surface area contributed by atoms with E-state index in [0.717, 1.165) is 23.0 Å². The maximum Gasteiger partial charge on any atom is 0.344 e. The van der Waals surface area contributed by atoms with Crippen molar-refractivity contribution in [3.8, 4) is 5.75 Å². The molecule has 2 unspecified atom stereocenters. The van der Waals surface area contributed by atoms with Crippen LogP contribution in [0.25, 0.3) is 12.2 Å². The van der Waals surface area contributed by atoms with Gasteiger partial charge in [0.2, 0.25) is 0 Å². The van der Waals surface area contributed by atoms with Crippen molar-refractivity contribution < 1.29 is 14.3 Å². The molecule has 0 bridgehead atoms. The second kappa shape index (κ2) is 9.52.